The molecule has 0 bridgehead atoms. The van der Waals surface area contributed by atoms with Gasteiger partial charge in [-0.3, -0.25) is 4.79 Å². The summed E-state index contributed by atoms with van der Waals surface area (Å²) in [5.74, 6) is 1.55. The lowest BCUT2D eigenvalue weighted by atomic mass is 10.1. The van der Waals surface area contributed by atoms with E-state index in [0.717, 1.165) is 28.4 Å². The van der Waals surface area contributed by atoms with Crippen LogP contribution >= 0.6 is 0 Å². The van der Waals surface area contributed by atoms with Gasteiger partial charge in [0.2, 0.25) is 0 Å². The Kier molecular flexibility index (Phi) is 5.13. The number of rotatable bonds is 1. The number of amides is 1. The number of halogens is 1. The number of para-hydroxylation sites is 2. The third-order valence-corrected chi connectivity index (χ3v) is 5.98. The maximum Gasteiger partial charge on any atom is 0.257 e. The van der Waals surface area contributed by atoms with Gasteiger partial charge in [-0.25, -0.2) is 9.38 Å². The molecule has 1 atom stereocenters. The molecule has 3 aromatic rings. The maximum atomic E-state index is 14.2. The summed E-state index contributed by atoms with van der Waals surface area (Å²) >= 11 is 0. The van der Waals surface area contributed by atoms with Crippen molar-refractivity contribution < 1.29 is 13.9 Å². The molecule has 0 aliphatic carbocycles. The number of hydrogen-bond donors (Lipinski definition) is 0. The van der Waals surface area contributed by atoms with Crippen LogP contribution in [0.2, 0.25) is 0 Å². The molecule has 1 unspecified atom stereocenters. The first-order valence-electron chi connectivity index (χ1n) is 10.8. The van der Waals surface area contributed by atoms with Crippen molar-refractivity contribution in [3.63, 3.8) is 0 Å². The van der Waals surface area contributed by atoms with Gasteiger partial charge in [-0.2, -0.15) is 0 Å². The fourth-order valence-corrected chi connectivity index (χ4v) is 4.32. The third kappa shape index (κ3) is 3.62. The molecular weight excluding hydrogens is 405 g/mol. The minimum absolute atomic E-state index is 0.105. The lowest BCUT2D eigenvalue weighted by molar-refractivity contribution is 0.0576. The van der Waals surface area contributed by atoms with Gasteiger partial charge < -0.3 is 14.5 Å². The summed E-state index contributed by atoms with van der Waals surface area (Å²) in [5, 5.41) is 0. The van der Waals surface area contributed by atoms with Crippen LogP contribution in [0.25, 0.3) is 0 Å². The number of aryl methyl sites for hydroxylation is 1. The molecule has 5 rings (SSSR count). The molecular formula is C26H24FN3O2. The van der Waals surface area contributed by atoms with Gasteiger partial charge in [-0.05, 0) is 50.2 Å². The quantitative estimate of drug-likeness (QED) is 0.536. The zero-order chi connectivity index (χ0) is 22.2. The Balaban J connectivity index is 1.47. The summed E-state index contributed by atoms with van der Waals surface area (Å²) in [6.07, 6.45) is 0. The van der Waals surface area contributed by atoms with Crippen molar-refractivity contribution in [1.82, 2.24) is 9.80 Å². The van der Waals surface area contributed by atoms with Gasteiger partial charge in [-0.1, -0.05) is 35.9 Å². The number of aliphatic imine (C=N–C) groups is 1. The van der Waals surface area contributed by atoms with Gasteiger partial charge in [0.1, 0.15) is 23.1 Å². The molecule has 1 amide bonds. The number of hydrogen-bond acceptors (Lipinski definition) is 4. The largest absolute Gasteiger partial charge is 0.454 e. The Bertz CT molecular complexity index is 1220. The van der Waals surface area contributed by atoms with Gasteiger partial charge in [0, 0.05) is 25.7 Å². The lowest BCUT2D eigenvalue weighted by Crippen LogP contribution is -2.55. The topological polar surface area (TPSA) is 45.1 Å². The number of benzene rings is 3. The predicted octanol–water partition coefficient (Wildman–Crippen LogP) is 5.16. The van der Waals surface area contributed by atoms with Crippen molar-refractivity contribution in [1.29, 1.82) is 0 Å². The number of carbonyl (C=O) groups excluding carboxylic acids is 1. The predicted molar refractivity (Wildman–Crippen MR) is 122 cm³/mol. The first-order valence-corrected chi connectivity index (χ1v) is 10.8. The van der Waals surface area contributed by atoms with Crippen LogP contribution in [0.1, 0.15) is 28.4 Å². The number of piperazine rings is 1. The Labute approximate surface area is 186 Å². The second-order valence-electron chi connectivity index (χ2n) is 8.28. The van der Waals surface area contributed by atoms with Crippen LogP contribution in [0.3, 0.4) is 0 Å². The van der Waals surface area contributed by atoms with Gasteiger partial charge in [0.25, 0.3) is 5.91 Å². The van der Waals surface area contributed by atoms with Crippen LogP contribution in [0.15, 0.2) is 71.7 Å². The normalized spacial score (nSPS) is 17.6. The average molecular weight is 429 g/mol. The second kappa shape index (κ2) is 8.11. The van der Waals surface area contributed by atoms with E-state index in [9.17, 15) is 9.18 Å². The number of fused-ring (bicyclic) bond motifs is 2. The smallest absolute Gasteiger partial charge is 0.257 e. The molecule has 32 heavy (non-hydrogen) atoms. The van der Waals surface area contributed by atoms with Crippen molar-refractivity contribution in [3.8, 4) is 11.5 Å². The van der Waals surface area contributed by atoms with Gasteiger partial charge >= 0.3 is 0 Å². The number of carbonyl (C=O) groups is 1. The summed E-state index contributed by atoms with van der Waals surface area (Å²) in [6, 6.07) is 19.9. The van der Waals surface area contributed by atoms with E-state index in [0.29, 0.717) is 25.4 Å². The summed E-state index contributed by atoms with van der Waals surface area (Å²) in [5.41, 5.74) is 2.94. The van der Waals surface area contributed by atoms with Crippen molar-refractivity contribution in [3.05, 3.63) is 89.2 Å². The lowest BCUT2D eigenvalue weighted by Gasteiger charge is -2.41. The highest BCUT2D eigenvalue weighted by Crippen LogP contribution is 2.38. The monoisotopic (exact) mass is 429 g/mol. The van der Waals surface area contributed by atoms with Crippen LogP contribution in [0, 0.1) is 12.7 Å². The van der Waals surface area contributed by atoms with Crippen molar-refractivity contribution in [2.75, 3.05) is 19.6 Å². The molecule has 0 aromatic heterocycles. The summed E-state index contributed by atoms with van der Waals surface area (Å²) in [6.45, 7) is 5.71. The van der Waals surface area contributed by atoms with E-state index in [1.165, 1.54) is 6.07 Å². The fourth-order valence-electron chi connectivity index (χ4n) is 4.32. The van der Waals surface area contributed by atoms with E-state index in [1.54, 1.807) is 23.1 Å². The SMILES string of the molecule is Cc1ccc2c(c1)C(N1CCN(C(=O)c3ccccc3F)C(C)C1)=Nc1ccccc1O2. The molecule has 2 aliphatic rings. The van der Waals surface area contributed by atoms with E-state index < -0.39 is 5.82 Å². The Hall–Kier alpha value is -3.67. The van der Waals surface area contributed by atoms with Crippen molar-refractivity contribution >= 4 is 17.4 Å². The van der Waals surface area contributed by atoms with Gasteiger partial charge in [0.15, 0.2) is 5.75 Å². The molecule has 2 aliphatic heterocycles. The highest BCUT2D eigenvalue weighted by molar-refractivity contribution is 6.04. The highest BCUT2D eigenvalue weighted by atomic mass is 19.1. The molecule has 0 spiro atoms. The minimum Gasteiger partial charge on any atom is -0.454 e. The molecule has 2 heterocycles. The molecule has 6 heteroatoms. The van der Waals surface area contributed by atoms with Crippen LogP contribution in [0.5, 0.6) is 11.5 Å². The molecule has 1 saturated heterocycles. The van der Waals surface area contributed by atoms with Crippen molar-refractivity contribution in [2.45, 2.75) is 19.9 Å². The van der Waals surface area contributed by atoms with Crippen LogP contribution in [-0.4, -0.2) is 47.2 Å². The van der Waals surface area contributed by atoms with E-state index in [2.05, 4.69) is 11.0 Å². The fraction of sp³-hybridized carbons (Fsp3) is 0.231. The number of nitrogens with zero attached hydrogens (tertiary/aromatic N) is 3. The summed E-state index contributed by atoms with van der Waals surface area (Å²) in [4.78, 5) is 21.9. The van der Waals surface area contributed by atoms with Gasteiger partial charge in [0.05, 0.1) is 11.1 Å². The zero-order valence-corrected chi connectivity index (χ0v) is 18.1. The van der Waals surface area contributed by atoms with Crippen LogP contribution in [-0.2, 0) is 0 Å². The molecule has 0 radical (unpaired) electrons. The zero-order valence-electron chi connectivity index (χ0n) is 18.1. The Morgan fingerprint density at radius 2 is 1.81 bits per heavy atom. The van der Waals surface area contributed by atoms with Gasteiger partial charge in [-0.15, -0.1) is 0 Å². The number of ether oxygens (including phenoxy) is 1. The molecule has 162 valence electrons. The summed E-state index contributed by atoms with van der Waals surface area (Å²) in [7, 11) is 0. The third-order valence-electron chi connectivity index (χ3n) is 5.98. The second-order valence-corrected chi connectivity index (χ2v) is 8.28. The standard InChI is InChI=1S/C26H24FN3O2/c1-17-11-12-23-20(15-17)25(28-22-9-5-6-10-24(22)32-23)29-13-14-30(18(2)16-29)26(31)19-7-3-4-8-21(19)27/h3-12,15,18H,13-14,16H2,1-2H3. The van der Waals surface area contributed by atoms with Crippen molar-refractivity contribution in [2.24, 2.45) is 4.99 Å². The molecule has 5 nitrogen and oxygen atoms in total. The molecule has 0 N–H and O–H groups in total. The van der Waals surface area contributed by atoms with E-state index >= 15 is 0 Å². The van der Waals surface area contributed by atoms with E-state index in [-0.39, 0.29) is 17.5 Å². The molecule has 0 saturated carbocycles. The summed E-state index contributed by atoms with van der Waals surface area (Å²) < 4.78 is 20.4. The molecule has 3 aromatic carbocycles. The first kappa shape index (κ1) is 20.2. The molecule has 1 fully saturated rings. The highest BCUT2D eigenvalue weighted by Gasteiger charge is 2.32. The first-order chi connectivity index (χ1) is 15.5. The minimum atomic E-state index is -0.488. The van der Waals surface area contributed by atoms with E-state index in [4.69, 9.17) is 9.73 Å². The Morgan fingerprint density at radius 1 is 1.03 bits per heavy atom. The average Bonchev–Trinajstić information content (AvgIpc) is 2.95. The van der Waals surface area contributed by atoms with Crippen LogP contribution in [0.4, 0.5) is 10.1 Å². The van der Waals surface area contributed by atoms with E-state index in [1.807, 2.05) is 50.2 Å². The van der Waals surface area contributed by atoms with Crippen LogP contribution < -0.4 is 4.74 Å². The number of amidine groups is 1. The maximum absolute atomic E-state index is 14.2. The Morgan fingerprint density at radius 3 is 2.62 bits per heavy atom.